The lowest BCUT2D eigenvalue weighted by Crippen LogP contribution is -2.53. The Morgan fingerprint density at radius 3 is 2.42 bits per heavy atom. The zero-order chi connectivity index (χ0) is 29.6. The highest BCUT2D eigenvalue weighted by Crippen LogP contribution is 2.26. The number of para-hydroxylation sites is 1. The second kappa shape index (κ2) is 13.6. The van der Waals surface area contributed by atoms with Crippen molar-refractivity contribution in [3.8, 4) is 0 Å². The van der Waals surface area contributed by atoms with Gasteiger partial charge in [0, 0.05) is 57.8 Å². The van der Waals surface area contributed by atoms with Gasteiger partial charge in [0.05, 0.1) is 19.3 Å². The Balaban J connectivity index is 1.84. The zero-order valence-corrected chi connectivity index (χ0v) is 24.7. The Hall–Kier alpha value is -2.99. The van der Waals surface area contributed by atoms with Gasteiger partial charge in [0.25, 0.3) is 5.91 Å². The highest BCUT2D eigenvalue weighted by Gasteiger charge is 2.36. The van der Waals surface area contributed by atoms with Crippen molar-refractivity contribution in [3.63, 3.8) is 0 Å². The number of fused-ring (bicyclic) bond motifs is 1. The van der Waals surface area contributed by atoms with Gasteiger partial charge < -0.3 is 38.9 Å². The average Bonchev–Trinajstić information content (AvgIpc) is 3.24. The van der Waals surface area contributed by atoms with Gasteiger partial charge in [-0.25, -0.2) is 0 Å². The molecule has 3 rings (SSSR count). The van der Waals surface area contributed by atoms with Crippen LogP contribution in [-0.2, 0) is 37.4 Å². The summed E-state index contributed by atoms with van der Waals surface area (Å²) in [7, 11) is 5.02. The maximum absolute atomic E-state index is 13.7. The average molecular weight is 561 g/mol. The first-order chi connectivity index (χ1) is 18.9. The van der Waals surface area contributed by atoms with Crippen LogP contribution in [0.4, 0.5) is 0 Å². The van der Waals surface area contributed by atoms with E-state index >= 15 is 0 Å². The number of aliphatic hydroxyl groups excluding tert-OH is 2. The van der Waals surface area contributed by atoms with Crippen molar-refractivity contribution in [2.24, 2.45) is 17.6 Å². The number of aliphatic hydroxyl groups is 2. The van der Waals surface area contributed by atoms with Crippen molar-refractivity contribution in [2.45, 2.75) is 58.5 Å². The lowest BCUT2D eigenvalue weighted by atomic mass is 9.83. The first kappa shape index (κ1) is 31.5. The summed E-state index contributed by atoms with van der Waals surface area (Å²) in [5.74, 6) is -0.612. The van der Waals surface area contributed by atoms with Crippen LogP contribution in [0.1, 0.15) is 33.3 Å². The second-order valence-electron chi connectivity index (χ2n) is 11.4. The number of benzene rings is 1. The SMILES string of the molecule is CO[C@H](/C(=N/OCC(=O)N(C)C(Cc1cn(C)c2ccccc12)C(=O)N1CCOCC1)C(O)C(C)O)C(C)(C)C. The van der Waals surface area contributed by atoms with Gasteiger partial charge in [-0.3, -0.25) is 9.59 Å². The monoisotopic (exact) mass is 560 g/mol. The summed E-state index contributed by atoms with van der Waals surface area (Å²) in [4.78, 5) is 35.6. The molecule has 11 nitrogen and oxygen atoms in total. The molecule has 0 aliphatic carbocycles. The molecule has 4 atom stereocenters. The van der Waals surface area contributed by atoms with Gasteiger partial charge in [-0.15, -0.1) is 0 Å². The number of aromatic nitrogens is 1. The third-order valence-electron chi connectivity index (χ3n) is 7.27. The number of morpholine rings is 1. The van der Waals surface area contributed by atoms with Crippen LogP contribution < -0.4 is 0 Å². The minimum atomic E-state index is -1.35. The maximum atomic E-state index is 13.7. The van der Waals surface area contributed by atoms with Crippen molar-refractivity contribution >= 4 is 28.4 Å². The van der Waals surface area contributed by atoms with Gasteiger partial charge >= 0.3 is 0 Å². The number of amides is 2. The van der Waals surface area contributed by atoms with Gasteiger partial charge in [-0.2, -0.15) is 0 Å². The number of methoxy groups -OCH3 is 1. The molecule has 0 saturated carbocycles. The van der Waals surface area contributed by atoms with Crippen LogP contribution in [-0.4, -0.2) is 114 Å². The number of likely N-dealkylation sites (N-methyl/N-ethyl adjacent to an activating group) is 1. The molecular weight excluding hydrogens is 516 g/mol. The fourth-order valence-corrected chi connectivity index (χ4v) is 5.04. The van der Waals surface area contributed by atoms with Crippen molar-refractivity contribution in [1.29, 1.82) is 0 Å². The Morgan fingerprint density at radius 1 is 1.18 bits per heavy atom. The van der Waals surface area contributed by atoms with Crippen LogP contribution in [0.25, 0.3) is 10.9 Å². The summed E-state index contributed by atoms with van der Waals surface area (Å²) >= 11 is 0. The van der Waals surface area contributed by atoms with E-state index in [1.165, 1.54) is 18.9 Å². The number of hydrogen-bond donors (Lipinski definition) is 2. The molecule has 2 heterocycles. The normalized spacial score (nSPS) is 17.8. The zero-order valence-electron chi connectivity index (χ0n) is 24.7. The number of oxime groups is 1. The Bertz CT molecular complexity index is 1180. The molecule has 222 valence electrons. The minimum absolute atomic E-state index is 0.0807. The Labute approximate surface area is 236 Å². The highest BCUT2D eigenvalue weighted by molar-refractivity contribution is 5.93. The van der Waals surface area contributed by atoms with Gasteiger partial charge in [-0.05, 0) is 24.0 Å². The third kappa shape index (κ3) is 7.39. The van der Waals surface area contributed by atoms with Crippen molar-refractivity contribution in [3.05, 3.63) is 36.0 Å². The molecule has 2 amide bonds. The Kier molecular flexibility index (Phi) is 10.7. The van der Waals surface area contributed by atoms with Gasteiger partial charge in [0.2, 0.25) is 5.91 Å². The number of aryl methyl sites for hydroxylation is 1. The first-order valence-electron chi connectivity index (χ1n) is 13.6. The van der Waals surface area contributed by atoms with E-state index in [1.807, 2.05) is 62.8 Å². The molecule has 2 N–H and O–H groups in total. The van der Waals surface area contributed by atoms with Crippen molar-refractivity contribution < 1.29 is 34.1 Å². The number of carbonyl (C=O) groups is 2. The van der Waals surface area contributed by atoms with E-state index in [4.69, 9.17) is 14.3 Å². The molecule has 1 aliphatic heterocycles. The third-order valence-corrected chi connectivity index (χ3v) is 7.27. The maximum Gasteiger partial charge on any atom is 0.263 e. The molecule has 1 saturated heterocycles. The van der Waals surface area contributed by atoms with Crippen LogP contribution in [0, 0.1) is 5.41 Å². The fourth-order valence-electron chi connectivity index (χ4n) is 5.04. The van der Waals surface area contributed by atoms with E-state index < -0.39 is 42.3 Å². The van der Waals surface area contributed by atoms with Crippen LogP contribution in [0.15, 0.2) is 35.6 Å². The second-order valence-corrected chi connectivity index (χ2v) is 11.4. The highest BCUT2D eigenvalue weighted by atomic mass is 16.6. The molecule has 0 bridgehead atoms. The van der Waals surface area contributed by atoms with Crippen LogP contribution in [0.5, 0.6) is 0 Å². The van der Waals surface area contributed by atoms with E-state index in [2.05, 4.69) is 5.16 Å². The standard InChI is InChI=1S/C29H44N4O7/c1-19(34)26(36)25(27(38-7)29(2,3)4)30-40-18-24(35)32(6)23(28(37)33-12-14-39-15-13-33)16-20-17-31(5)22-11-9-8-10-21(20)22/h8-11,17,19,23,26-27,34,36H,12-16,18H2,1-7H3/b30-25+/t19?,23?,26?,27-/m1/s1. The van der Waals surface area contributed by atoms with E-state index in [1.54, 1.807) is 11.9 Å². The van der Waals surface area contributed by atoms with Gasteiger partial charge in [0.15, 0.2) is 6.61 Å². The van der Waals surface area contributed by atoms with Crippen molar-refractivity contribution in [2.75, 3.05) is 47.1 Å². The summed E-state index contributed by atoms with van der Waals surface area (Å²) < 4.78 is 13.0. The number of nitrogens with zero attached hydrogens (tertiary/aromatic N) is 4. The first-order valence-corrected chi connectivity index (χ1v) is 13.6. The van der Waals surface area contributed by atoms with Gasteiger partial charge in [0.1, 0.15) is 24.0 Å². The minimum Gasteiger partial charge on any atom is -0.390 e. The quantitative estimate of drug-likeness (QED) is 0.316. The molecule has 0 radical (unpaired) electrons. The van der Waals surface area contributed by atoms with E-state index in [9.17, 15) is 19.8 Å². The molecule has 1 aromatic heterocycles. The summed E-state index contributed by atoms with van der Waals surface area (Å²) in [6, 6.07) is 7.18. The van der Waals surface area contributed by atoms with Crippen LogP contribution >= 0.6 is 0 Å². The predicted octanol–water partition coefficient (Wildman–Crippen LogP) is 1.58. The number of carbonyl (C=O) groups excluding carboxylic acids is 2. The van der Waals surface area contributed by atoms with Crippen molar-refractivity contribution in [1.82, 2.24) is 14.4 Å². The fraction of sp³-hybridized carbons (Fsp3) is 0.621. The predicted molar refractivity (Wildman–Crippen MR) is 152 cm³/mol. The molecule has 0 spiro atoms. The molecule has 3 unspecified atom stereocenters. The lowest BCUT2D eigenvalue weighted by molar-refractivity contribution is -0.149. The van der Waals surface area contributed by atoms with E-state index in [0.29, 0.717) is 32.7 Å². The number of ether oxygens (including phenoxy) is 2. The summed E-state index contributed by atoms with van der Waals surface area (Å²) in [5, 5.41) is 25.7. The van der Waals surface area contributed by atoms with E-state index in [-0.39, 0.29) is 11.6 Å². The summed E-state index contributed by atoms with van der Waals surface area (Å²) in [6.07, 6.45) is -0.835. The van der Waals surface area contributed by atoms with E-state index in [0.717, 1.165) is 16.5 Å². The van der Waals surface area contributed by atoms with Gasteiger partial charge in [-0.1, -0.05) is 44.1 Å². The molecule has 2 aromatic rings. The number of hydrogen-bond acceptors (Lipinski definition) is 8. The molecule has 1 fully saturated rings. The molecule has 40 heavy (non-hydrogen) atoms. The smallest absolute Gasteiger partial charge is 0.263 e. The summed E-state index contributed by atoms with van der Waals surface area (Å²) in [5.41, 5.74) is 1.61. The lowest BCUT2D eigenvalue weighted by Gasteiger charge is -2.34. The van der Waals surface area contributed by atoms with Crippen LogP contribution in [0.3, 0.4) is 0 Å². The molecular formula is C29H44N4O7. The van der Waals surface area contributed by atoms with Crippen LogP contribution in [0.2, 0.25) is 0 Å². The molecule has 1 aliphatic rings. The summed E-state index contributed by atoms with van der Waals surface area (Å²) in [6.45, 7) is 8.49. The largest absolute Gasteiger partial charge is 0.390 e. The number of rotatable bonds is 11. The topological polar surface area (TPSA) is 126 Å². The molecule has 1 aromatic carbocycles. The Morgan fingerprint density at radius 2 is 1.82 bits per heavy atom. The molecule has 11 heteroatoms.